The second-order valence-electron chi connectivity index (χ2n) is 9.78. The van der Waals surface area contributed by atoms with Crippen molar-refractivity contribution in [2.24, 2.45) is 0 Å². The molecule has 1 N–H and O–H groups in total. The van der Waals surface area contributed by atoms with E-state index in [0.717, 1.165) is 65.8 Å². The number of amides is 1. The highest BCUT2D eigenvalue weighted by Gasteiger charge is 2.25. The van der Waals surface area contributed by atoms with Crippen LogP contribution in [0.5, 0.6) is 0 Å². The zero-order chi connectivity index (χ0) is 27.2. The third-order valence-corrected chi connectivity index (χ3v) is 9.92. The monoisotopic (exact) mass is 559 g/mol. The number of nitrogens with one attached hydrogen (secondary N) is 1. The number of nitrogens with zero attached hydrogens (tertiary/aromatic N) is 2. The van der Waals surface area contributed by atoms with E-state index in [4.69, 9.17) is 4.98 Å². The van der Waals surface area contributed by atoms with Gasteiger partial charge in [0.2, 0.25) is 10.0 Å². The summed E-state index contributed by atoms with van der Waals surface area (Å²) in [4.78, 5) is 19.2. The molecule has 0 saturated carbocycles. The Kier molecular flexibility index (Phi) is 8.55. The van der Waals surface area contributed by atoms with Crippen LogP contribution in [0, 0.1) is 0 Å². The number of carbonyl (C=O) groups excluding carboxylic acids is 1. The van der Waals surface area contributed by atoms with Gasteiger partial charge in [-0.3, -0.25) is 10.1 Å². The first kappa shape index (κ1) is 27.2. The van der Waals surface area contributed by atoms with Gasteiger partial charge in [-0.05, 0) is 54.7 Å². The van der Waals surface area contributed by atoms with Crippen molar-refractivity contribution in [2.75, 3.05) is 18.4 Å². The van der Waals surface area contributed by atoms with Gasteiger partial charge in [0.25, 0.3) is 5.91 Å². The zero-order valence-corrected chi connectivity index (χ0v) is 23.7. The van der Waals surface area contributed by atoms with Gasteiger partial charge in [-0.25, -0.2) is 13.4 Å². The molecule has 0 atom stereocenters. The van der Waals surface area contributed by atoms with Crippen molar-refractivity contribution in [1.82, 2.24) is 9.29 Å². The van der Waals surface area contributed by atoms with Gasteiger partial charge < -0.3 is 0 Å². The van der Waals surface area contributed by atoms with E-state index in [1.807, 2.05) is 18.2 Å². The molecule has 1 fully saturated rings. The number of thiazole rings is 1. The molecule has 0 spiro atoms. The summed E-state index contributed by atoms with van der Waals surface area (Å²) >= 11 is 1.49. The number of rotatable bonds is 8. The molecule has 8 heteroatoms. The van der Waals surface area contributed by atoms with Crippen LogP contribution in [0.2, 0.25) is 0 Å². The molecule has 39 heavy (non-hydrogen) atoms. The van der Waals surface area contributed by atoms with E-state index in [2.05, 4.69) is 48.6 Å². The molecule has 202 valence electrons. The van der Waals surface area contributed by atoms with Crippen molar-refractivity contribution >= 4 is 32.4 Å². The Hall–Kier alpha value is -3.33. The Morgan fingerprint density at radius 3 is 2.10 bits per heavy atom. The lowest BCUT2D eigenvalue weighted by atomic mass is 10.0. The summed E-state index contributed by atoms with van der Waals surface area (Å²) in [6.07, 6.45) is 5.72. The molecular weight excluding hydrogens is 526 g/mol. The van der Waals surface area contributed by atoms with Gasteiger partial charge in [0.15, 0.2) is 5.13 Å². The largest absolute Gasteiger partial charge is 0.298 e. The molecule has 2 heterocycles. The topological polar surface area (TPSA) is 79.4 Å². The minimum absolute atomic E-state index is 0.224. The number of sulfonamides is 1. The Balaban J connectivity index is 1.32. The SMILES string of the molecule is CCCc1sc(NC(=O)c2ccc(S(=O)(=O)N3CCCCCC3)cc2)nc1-c1ccc(-c2ccccc2)cc1. The molecule has 3 aromatic carbocycles. The summed E-state index contributed by atoms with van der Waals surface area (Å²) in [5.74, 6) is -0.309. The van der Waals surface area contributed by atoms with Crippen LogP contribution in [-0.4, -0.2) is 36.7 Å². The normalized spacial score (nSPS) is 14.6. The van der Waals surface area contributed by atoms with Crippen LogP contribution in [0.1, 0.15) is 54.3 Å². The van der Waals surface area contributed by atoms with Gasteiger partial charge in [0, 0.05) is 29.1 Å². The fourth-order valence-electron chi connectivity index (χ4n) is 4.86. The first-order valence-corrected chi connectivity index (χ1v) is 15.8. The van der Waals surface area contributed by atoms with Gasteiger partial charge in [0.1, 0.15) is 0 Å². The van der Waals surface area contributed by atoms with Crippen LogP contribution in [0.25, 0.3) is 22.4 Å². The van der Waals surface area contributed by atoms with Crippen LogP contribution < -0.4 is 5.32 Å². The maximum Gasteiger partial charge on any atom is 0.257 e. The summed E-state index contributed by atoms with van der Waals surface area (Å²) in [6, 6.07) is 24.8. The average molecular weight is 560 g/mol. The zero-order valence-electron chi connectivity index (χ0n) is 22.1. The fourth-order valence-corrected chi connectivity index (χ4v) is 7.45. The van der Waals surface area contributed by atoms with Gasteiger partial charge in [-0.1, -0.05) is 80.8 Å². The summed E-state index contributed by atoms with van der Waals surface area (Å²) in [5.41, 5.74) is 4.59. The first-order chi connectivity index (χ1) is 19.0. The Morgan fingerprint density at radius 1 is 0.846 bits per heavy atom. The second kappa shape index (κ2) is 12.2. The minimum atomic E-state index is -3.56. The molecule has 0 aliphatic carbocycles. The number of aryl methyl sites for hydroxylation is 1. The maximum atomic E-state index is 13.1. The lowest BCUT2D eigenvalue weighted by molar-refractivity contribution is 0.102. The molecule has 1 aromatic heterocycles. The molecule has 5 rings (SSSR count). The van der Waals surface area contributed by atoms with Gasteiger partial charge in [-0.2, -0.15) is 4.31 Å². The molecule has 0 bridgehead atoms. The number of anilines is 1. The molecule has 6 nitrogen and oxygen atoms in total. The van der Waals surface area contributed by atoms with E-state index in [-0.39, 0.29) is 10.8 Å². The van der Waals surface area contributed by atoms with E-state index in [9.17, 15) is 13.2 Å². The standard InChI is InChI=1S/C31H33N3O3S2/c1-2-10-28-29(25-15-13-24(14-16-25)23-11-6-5-7-12-23)32-31(38-28)33-30(35)26-17-19-27(20-18-26)39(36,37)34-21-8-3-4-9-22-34/h5-7,11-20H,2-4,8-10,21-22H2,1H3,(H,32,33,35). The number of aromatic nitrogens is 1. The first-order valence-electron chi connectivity index (χ1n) is 13.5. The average Bonchev–Trinajstić information content (AvgIpc) is 3.16. The van der Waals surface area contributed by atoms with Crippen LogP contribution >= 0.6 is 11.3 Å². The van der Waals surface area contributed by atoms with E-state index in [1.165, 1.54) is 23.5 Å². The minimum Gasteiger partial charge on any atom is -0.298 e. The predicted molar refractivity (Wildman–Crippen MR) is 159 cm³/mol. The van der Waals surface area contributed by atoms with Crippen LogP contribution in [0.4, 0.5) is 5.13 Å². The van der Waals surface area contributed by atoms with Crippen molar-refractivity contribution in [1.29, 1.82) is 0 Å². The molecule has 1 aliphatic rings. The lowest BCUT2D eigenvalue weighted by Gasteiger charge is -2.20. The Bertz CT molecular complexity index is 1510. The van der Waals surface area contributed by atoms with Crippen LogP contribution in [0.15, 0.2) is 83.8 Å². The van der Waals surface area contributed by atoms with E-state index in [1.54, 1.807) is 16.4 Å². The molecule has 1 aliphatic heterocycles. The molecule has 0 unspecified atom stereocenters. The van der Waals surface area contributed by atoms with Crippen LogP contribution in [0.3, 0.4) is 0 Å². The lowest BCUT2D eigenvalue weighted by Crippen LogP contribution is -2.31. The molecule has 4 aromatic rings. The van der Waals surface area contributed by atoms with Gasteiger partial charge in [-0.15, -0.1) is 11.3 Å². The summed E-state index contributed by atoms with van der Waals surface area (Å²) in [5, 5.41) is 3.46. The summed E-state index contributed by atoms with van der Waals surface area (Å²) < 4.78 is 27.7. The fraction of sp³-hybridized carbons (Fsp3) is 0.290. The number of hydrogen-bond acceptors (Lipinski definition) is 5. The van der Waals surface area contributed by atoms with Crippen molar-refractivity contribution in [3.63, 3.8) is 0 Å². The molecular formula is C31H33N3O3S2. The molecule has 1 amide bonds. The van der Waals surface area contributed by atoms with Gasteiger partial charge in [0.05, 0.1) is 10.6 Å². The smallest absolute Gasteiger partial charge is 0.257 e. The molecule has 1 saturated heterocycles. The number of hydrogen-bond donors (Lipinski definition) is 1. The predicted octanol–water partition coefficient (Wildman–Crippen LogP) is 7.25. The number of benzene rings is 3. The number of carbonyl (C=O) groups is 1. The summed E-state index contributed by atoms with van der Waals surface area (Å²) in [6.45, 7) is 3.22. The van der Waals surface area contributed by atoms with E-state index in [0.29, 0.717) is 23.8 Å². The second-order valence-corrected chi connectivity index (χ2v) is 12.8. The maximum absolute atomic E-state index is 13.1. The Morgan fingerprint density at radius 2 is 1.46 bits per heavy atom. The van der Waals surface area contributed by atoms with Gasteiger partial charge >= 0.3 is 0 Å². The highest BCUT2D eigenvalue weighted by molar-refractivity contribution is 7.89. The highest BCUT2D eigenvalue weighted by atomic mass is 32.2. The highest BCUT2D eigenvalue weighted by Crippen LogP contribution is 2.34. The third kappa shape index (κ3) is 6.30. The third-order valence-electron chi connectivity index (χ3n) is 6.98. The van der Waals surface area contributed by atoms with E-state index < -0.39 is 10.0 Å². The van der Waals surface area contributed by atoms with Crippen LogP contribution in [-0.2, 0) is 16.4 Å². The Labute approximate surface area is 234 Å². The van der Waals surface area contributed by atoms with E-state index >= 15 is 0 Å². The van der Waals surface area contributed by atoms with Crippen molar-refractivity contribution < 1.29 is 13.2 Å². The summed E-state index contributed by atoms with van der Waals surface area (Å²) in [7, 11) is -3.56. The van der Waals surface area contributed by atoms with Crippen molar-refractivity contribution in [2.45, 2.75) is 50.3 Å². The molecule has 0 radical (unpaired) electrons. The quantitative estimate of drug-likeness (QED) is 0.247. The van der Waals surface area contributed by atoms with Crippen molar-refractivity contribution in [3.05, 3.63) is 89.3 Å². The van der Waals surface area contributed by atoms with Crippen molar-refractivity contribution in [3.8, 4) is 22.4 Å².